The third-order valence-electron chi connectivity index (χ3n) is 2.79. The standard InChI is InChI=1S/C14H11BrF2O/c1-8-5-6-9(7-12(8)17)14(18)10-3-2-4-11(16)13(10)15/h2-7,14,18H,1H3. The molecule has 1 atom stereocenters. The van der Waals surface area contributed by atoms with Gasteiger partial charge in [0, 0.05) is 5.56 Å². The first-order valence-electron chi connectivity index (χ1n) is 5.38. The summed E-state index contributed by atoms with van der Waals surface area (Å²) in [5.41, 5.74) is 1.27. The van der Waals surface area contributed by atoms with Gasteiger partial charge in [-0.3, -0.25) is 0 Å². The van der Waals surface area contributed by atoms with Crippen LogP contribution in [0.4, 0.5) is 8.78 Å². The summed E-state index contributed by atoms with van der Waals surface area (Å²) in [4.78, 5) is 0. The van der Waals surface area contributed by atoms with E-state index in [0.717, 1.165) is 0 Å². The van der Waals surface area contributed by atoms with Gasteiger partial charge in [0.25, 0.3) is 0 Å². The Labute approximate surface area is 112 Å². The molecular formula is C14H11BrF2O. The molecule has 1 N–H and O–H groups in total. The normalized spacial score (nSPS) is 12.5. The Balaban J connectivity index is 2.44. The highest BCUT2D eigenvalue weighted by Gasteiger charge is 2.16. The maximum Gasteiger partial charge on any atom is 0.137 e. The van der Waals surface area contributed by atoms with E-state index in [1.807, 2.05) is 0 Å². The van der Waals surface area contributed by atoms with E-state index < -0.39 is 11.9 Å². The Hall–Kier alpha value is -1.26. The zero-order valence-corrected chi connectivity index (χ0v) is 11.2. The van der Waals surface area contributed by atoms with Crippen LogP contribution in [-0.2, 0) is 0 Å². The molecule has 1 nitrogen and oxygen atoms in total. The summed E-state index contributed by atoms with van der Waals surface area (Å²) in [6.45, 7) is 1.64. The lowest BCUT2D eigenvalue weighted by Crippen LogP contribution is -2.02. The smallest absolute Gasteiger partial charge is 0.137 e. The first-order valence-corrected chi connectivity index (χ1v) is 6.18. The molecule has 0 spiro atoms. The van der Waals surface area contributed by atoms with E-state index in [9.17, 15) is 13.9 Å². The van der Waals surface area contributed by atoms with Crippen LogP contribution in [-0.4, -0.2) is 5.11 Å². The second kappa shape index (κ2) is 5.16. The summed E-state index contributed by atoms with van der Waals surface area (Å²) >= 11 is 3.08. The van der Waals surface area contributed by atoms with Crippen molar-refractivity contribution in [3.63, 3.8) is 0 Å². The van der Waals surface area contributed by atoms with Gasteiger partial charge in [-0.2, -0.15) is 0 Å². The molecule has 0 aromatic heterocycles. The molecule has 0 aliphatic heterocycles. The molecule has 0 bridgehead atoms. The minimum atomic E-state index is -1.06. The number of aryl methyl sites for hydroxylation is 1. The first-order chi connectivity index (χ1) is 8.50. The maximum atomic E-state index is 13.4. The van der Waals surface area contributed by atoms with Gasteiger partial charge in [-0.05, 0) is 46.1 Å². The van der Waals surface area contributed by atoms with Crippen LogP contribution in [0.15, 0.2) is 40.9 Å². The first kappa shape index (κ1) is 13.2. The second-order valence-electron chi connectivity index (χ2n) is 4.05. The maximum absolute atomic E-state index is 13.4. The summed E-state index contributed by atoms with van der Waals surface area (Å²) < 4.78 is 27.0. The van der Waals surface area contributed by atoms with E-state index in [0.29, 0.717) is 16.7 Å². The van der Waals surface area contributed by atoms with Gasteiger partial charge >= 0.3 is 0 Å². The van der Waals surface area contributed by atoms with E-state index in [1.165, 1.54) is 18.2 Å². The molecule has 2 rings (SSSR count). The Morgan fingerprint density at radius 1 is 1.11 bits per heavy atom. The predicted octanol–water partition coefficient (Wildman–Crippen LogP) is 4.12. The van der Waals surface area contributed by atoms with Crippen molar-refractivity contribution in [2.24, 2.45) is 0 Å². The summed E-state index contributed by atoms with van der Waals surface area (Å²) in [6.07, 6.45) is -1.06. The van der Waals surface area contributed by atoms with Gasteiger partial charge < -0.3 is 5.11 Å². The number of aliphatic hydroxyl groups excluding tert-OH is 1. The van der Waals surface area contributed by atoms with Crippen molar-refractivity contribution in [2.45, 2.75) is 13.0 Å². The highest BCUT2D eigenvalue weighted by molar-refractivity contribution is 9.10. The molecule has 0 fully saturated rings. The van der Waals surface area contributed by atoms with E-state index in [-0.39, 0.29) is 10.3 Å². The van der Waals surface area contributed by atoms with Crippen molar-refractivity contribution < 1.29 is 13.9 Å². The molecular weight excluding hydrogens is 302 g/mol. The highest BCUT2D eigenvalue weighted by Crippen LogP contribution is 2.30. The molecule has 1 unspecified atom stereocenters. The molecule has 2 aromatic carbocycles. The van der Waals surface area contributed by atoms with Crippen molar-refractivity contribution in [1.82, 2.24) is 0 Å². The van der Waals surface area contributed by atoms with Gasteiger partial charge in [0.2, 0.25) is 0 Å². The number of aliphatic hydroxyl groups is 1. The van der Waals surface area contributed by atoms with Crippen LogP contribution in [0, 0.1) is 18.6 Å². The number of hydrogen-bond donors (Lipinski definition) is 1. The van der Waals surface area contributed by atoms with Gasteiger partial charge in [-0.15, -0.1) is 0 Å². The third-order valence-corrected chi connectivity index (χ3v) is 3.62. The van der Waals surface area contributed by atoms with Gasteiger partial charge in [0.1, 0.15) is 17.7 Å². The lowest BCUT2D eigenvalue weighted by atomic mass is 10.0. The lowest BCUT2D eigenvalue weighted by Gasteiger charge is -2.14. The molecule has 2 aromatic rings. The number of benzene rings is 2. The molecule has 0 heterocycles. The fourth-order valence-electron chi connectivity index (χ4n) is 1.69. The van der Waals surface area contributed by atoms with Crippen molar-refractivity contribution in [3.8, 4) is 0 Å². The number of rotatable bonds is 2. The fourth-order valence-corrected chi connectivity index (χ4v) is 2.17. The van der Waals surface area contributed by atoms with E-state index in [4.69, 9.17) is 0 Å². The van der Waals surface area contributed by atoms with Crippen molar-refractivity contribution in [2.75, 3.05) is 0 Å². The Kier molecular flexibility index (Phi) is 3.78. The monoisotopic (exact) mass is 312 g/mol. The van der Waals surface area contributed by atoms with Crippen LogP contribution in [0.5, 0.6) is 0 Å². The molecule has 0 radical (unpaired) electrons. The van der Waals surface area contributed by atoms with Gasteiger partial charge in [-0.25, -0.2) is 8.78 Å². The fraction of sp³-hybridized carbons (Fsp3) is 0.143. The summed E-state index contributed by atoms with van der Waals surface area (Å²) in [6, 6.07) is 8.85. The molecule has 0 aliphatic rings. The average molecular weight is 313 g/mol. The second-order valence-corrected chi connectivity index (χ2v) is 4.85. The SMILES string of the molecule is Cc1ccc(C(O)c2cccc(F)c2Br)cc1F. The zero-order valence-electron chi connectivity index (χ0n) is 9.62. The quantitative estimate of drug-likeness (QED) is 0.884. The summed E-state index contributed by atoms with van der Waals surface area (Å²) in [7, 11) is 0. The largest absolute Gasteiger partial charge is 0.384 e. The van der Waals surface area contributed by atoms with Crippen LogP contribution in [0.1, 0.15) is 22.8 Å². The number of hydrogen-bond acceptors (Lipinski definition) is 1. The van der Waals surface area contributed by atoms with Crippen LogP contribution < -0.4 is 0 Å². The van der Waals surface area contributed by atoms with Gasteiger partial charge in [-0.1, -0.05) is 24.3 Å². The predicted molar refractivity (Wildman–Crippen MR) is 69.3 cm³/mol. The minimum Gasteiger partial charge on any atom is -0.384 e. The van der Waals surface area contributed by atoms with Crippen LogP contribution >= 0.6 is 15.9 Å². The van der Waals surface area contributed by atoms with E-state index in [2.05, 4.69) is 15.9 Å². The molecule has 0 amide bonds. The summed E-state index contributed by atoms with van der Waals surface area (Å²) in [5.74, 6) is -0.849. The molecule has 0 saturated heterocycles. The Morgan fingerprint density at radius 2 is 1.83 bits per heavy atom. The molecule has 4 heteroatoms. The van der Waals surface area contributed by atoms with E-state index >= 15 is 0 Å². The van der Waals surface area contributed by atoms with Crippen LogP contribution in [0.25, 0.3) is 0 Å². The topological polar surface area (TPSA) is 20.2 Å². The molecule has 18 heavy (non-hydrogen) atoms. The van der Waals surface area contributed by atoms with Crippen LogP contribution in [0.3, 0.4) is 0 Å². The highest BCUT2D eigenvalue weighted by atomic mass is 79.9. The van der Waals surface area contributed by atoms with Crippen LogP contribution in [0.2, 0.25) is 0 Å². The average Bonchev–Trinajstić information content (AvgIpc) is 2.35. The summed E-state index contributed by atoms with van der Waals surface area (Å²) in [5, 5.41) is 10.1. The van der Waals surface area contributed by atoms with Crippen molar-refractivity contribution in [3.05, 3.63) is 69.2 Å². The third kappa shape index (κ3) is 2.44. The van der Waals surface area contributed by atoms with Gasteiger partial charge in [0.05, 0.1) is 4.47 Å². The van der Waals surface area contributed by atoms with E-state index in [1.54, 1.807) is 25.1 Å². The minimum absolute atomic E-state index is 0.193. The van der Waals surface area contributed by atoms with Crippen molar-refractivity contribution in [1.29, 1.82) is 0 Å². The molecule has 0 aliphatic carbocycles. The van der Waals surface area contributed by atoms with Gasteiger partial charge in [0.15, 0.2) is 0 Å². The Morgan fingerprint density at radius 3 is 2.50 bits per heavy atom. The van der Waals surface area contributed by atoms with Crippen molar-refractivity contribution >= 4 is 15.9 Å². The molecule has 0 saturated carbocycles. The zero-order chi connectivity index (χ0) is 13.3. The lowest BCUT2D eigenvalue weighted by molar-refractivity contribution is 0.218. The Bertz CT molecular complexity index is 584. The number of halogens is 3. The molecule has 94 valence electrons.